The summed E-state index contributed by atoms with van der Waals surface area (Å²) in [6.45, 7) is 0.619. The lowest BCUT2D eigenvalue weighted by atomic mass is 10.1. The van der Waals surface area contributed by atoms with Crippen molar-refractivity contribution in [3.05, 3.63) is 83.6 Å². The number of methoxy groups -OCH3 is 1. The molecule has 0 aliphatic heterocycles. The number of rotatable bonds is 7. The SMILES string of the molecule is COc1cccc(CCNc2cc(C(=O)Nc3ccc(F)c(F)c3)ccn2)c1. The van der Waals surface area contributed by atoms with E-state index in [1.54, 1.807) is 19.2 Å². The molecule has 2 aromatic carbocycles. The molecule has 3 rings (SSSR count). The minimum absolute atomic E-state index is 0.174. The highest BCUT2D eigenvalue weighted by atomic mass is 19.2. The van der Waals surface area contributed by atoms with Crippen LogP contribution in [0.25, 0.3) is 0 Å². The summed E-state index contributed by atoms with van der Waals surface area (Å²) in [6, 6.07) is 14.1. The van der Waals surface area contributed by atoms with Crippen LogP contribution in [0.1, 0.15) is 15.9 Å². The molecule has 2 N–H and O–H groups in total. The second kappa shape index (κ2) is 8.94. The summed E-state index contributed by atoms with van der Waals surface area (Å²) >= 11 is 0. The van der Waals surface area contributed by atoms with Crippen molar-refractivity contribution in [2.45, 2.75) is 6.42 Å². The van der Waals surface area contributed by atoms with E-state index in [0.29, 0.717) is 17.9 Å². The molecule has 0 aliphatic rings. The molecule has 0 aliphatic carbocycles. The van der Waals surface area contributed by atoms with E-state index in [-0.39, 0.29) is 5.69 Å². The van der Waals surface area contributed by atoms with Crippen molar-refractivity contribution in [3.63, 3.8) is 0 Å². The van der Waals surface area contributed by atoms with Gasteiger partial charge in [-0.05, 0) is 48.4 Å². The van der Waals surface area contributed by atoms with E-state index >= 15 is 0 Å². The number of hydrogen-bond donors (Lipinski definition) is 2. The average molecular weight is 383 g/mol. The van der Waals surface area contributed by atoms with Gasteiger partial charge in [-0.2, -0.15) is 0 Å². The van der Waals surface area contributed by atoms with Crippen LogP contribution in [0.5, 0.6) is 5.75 Å². The number of hydrogen-bond acceptors (Lipinski definition) is 4. The summed E-state index contributed by atoms with van der Waals surface area (Å²) in [6.07, 6.45) is 2.26. The zero-order chi connectivity index (χ0) is 19.9. The Morgan fingerprint density at radius 2 is 1.93 bits per heavy atom. The van der Waals surface area contributed by atoms with Gasteiger partial charge in [-0.1, -0.05) is 12.1 Å². The van der Waals surface area contributed by atoms with Crippen molar-refractivity contribution < 1.29 is 18.3 Å². The number of pyridine rings is 1. The van der Waals surface area contributed by atoms with Gasteiger partial charge in [-0.3, -0.25) is 4.79 Å². The van der Waals surface area contributed by atoms with Crippen molar-refractivity contribution in [2.75, 3.05) is 24.3 Å². The third-order valence-corrected chi connectivity index (χ3v) is 4.05. The molecule has 144 valence electrons. The molecular weight excluding hydrogens is 364 g/mol. The monoisotopic (exact) mass is 383 g/mol. The Kier molecular flexibility index (Phi) is 6.16. The number of amides is 1. The number of halogens is 2. The van der Waals surface area contributed by atoms with Gasteiger partial charge >= 0.3 is 0 Å². The number of anilines is 2. The molecule has 7 heteroatoms. The Bertz CT molecular complexity index is 979. The van der Waals surface area contributed by atoms with Gasteiger partial charge in [0.15, 0.2) is 11.6 Å². The molecule has 0 saturated heterocycles. The Balaban J connectivity index is 1.59. The minimum atomic E-state index is -1.02. The first-order chi connectivity index (χ1) is 13.5. The molecule has 1 aromatic heterocycles. The van der Waals surface area contributed by atoms with Crippen LogP contribution < -0.4 is 15.4 Å². The van der Waals surface area contributed by atoms with E-state index in [9.17, 15) is 13.6 Å². The lowest BCUT2D eigenvalue weighted by Crippen LogP contribution is -2.13. The molecule has 0 atom stereocenters. The zero-order valence-electron chi connectivity index (χ0n) is 15.2. The van der Waals surface area contributed by atoms with E-state index in [4.69, 9.17) is 4.74 Å². The first-order valence-electron chi connectivity index (χ1n) is 8.64. The van der Waals surface area contributed by atoms with Gasteiger partial charge in [0.25, 0.3) is 5.91 Å². The summed E-state index contributed by atoms with van der Waals surface area (Å²) in [5, 5.41) is 5.70. The summed E-state index contributed by atoms with van der Waals surface area (Å²) in [7, 11) is 1.62. The number of carbonyl (C=O) groups excluding carboxylic acids is 1. The highest BCUT2D eigenvalue weighted by molar-refractivity contribution is 6.04. The molecule has 0 spiro atoms. The van der Waals surface area contributed by atoms with Gasteiger partial charge in [-0.25, -0.2) is 13.8 Å². The highest BCUT2D eigenvalue weighted by Crippen LogP contribution is 2.16. The fourth-order valence-corrected chi connectivity index (χ4v) is 2.61. The van der Waals surface area contributed by atoms with Crippen molar-refractivity contribution in [1.82, 2.24) is 4.98 Å². The van der Waals surface area contributed by atoms with Crippen molar-refractivity contribution >= 4 is 17.4 Å². The largest absolute Gasteiger partial charge is 0.497 e. The molecule has 0 radical (unpaired) electrons. The number of aromatic nitrogens is 1. The maximum absolute atomic E-state index is 13.3. The maximum atomic E-state index is 13.3. The van der Waals surface area contributed by atoms with E-state index in [2.05, 4.69) is 15.6 Å². The van der Waals surface area contributed by atoms with Crippen LogP contribution in [0.4, 0.5) is 20.3 Å². The van der Waals surface area contributed by atoms with Gasteiger partial charge in [0.2, 0.25) is 0 Å². The fourth-order valence-electron chi connectivity index (χ4n) is 2.61. The lowest BCUT2D eigenvalue weighted by Gasteiger charge is -2.09. The second-order valence-electron chi connectivity index (χ2n) is 6.04. The molecule has 1 amide bonds. The highest BCUT2D eigenvalue weighted by Gasteiger charge is 2.09. The number of nitrogens with one attached hydrogen (secondary N) is 2. The standard InChI is InChI=1S/C21H19F2N3O2/c1-28-17-4-2-3-14(11-17)7-9-24-20-12-15(8-10-25-20)21(27)26-16-5-6-18(22)19(23)13-16/h2-6,8,10-13H,7,9H2,1H3,(H,24,25)(H,26,27). The van der Waals surface area contributed by atoms with Crippen LogP contribution in [0, 0.1) is 11.6 Å². The van der Waals surface area contributed by atoms with E-state index in [1.807, 2.05) is 24.3 Å². The third kappa shape index (κ3) is 5.03. The molecule has 0 fully saturated rings. The Labute approximate surface area is 161 Å². The molecule has 0 bridgehead atoms. The predicted molar refractivity (Wildman–Crippen MR) is 104 cm³/mol. The van der Waals surface area contributed by atoms with Crippen molar-refractivity contribution in [2.24, 2.45) is 0 Å². The summed E-state index contributed by atoms with van der Waals surface area (Å²) < 4.78 is 31.5. The molecule has 28 heavy (non-hydrogen) atoms. The van der Waals surface area contributed by atoms with Crippen molar-refractivity contribution in [3.8, 4) is 5.75 Å². The number of ether oxygens (including phenoxy) is 1. The van der Waals surface area contributed by atoms with Gasteiger partial charge < -0.3 is 15.4 Å². The first-order valence-corrected chi connectivity index (χ1v) is 8.64. The Morgan fingerprint density at radius 1 is 1.07 bits per heavy atom. The quantitative estimate of drug-likeness (QED) is 0.639. The summed E-state index contributed by atoms with van der Waals surface area (Å²) in [4.78, 5) is 16.5. The summed E-state index contributed by atoms with van der Waals surface area (Å²) in [5.41, 5.74) is 1.64. The topological polar surface area (TPSA) is 63.2 Å². The van der Waals surface area contributed by atoms with Crippen molar-refractivity contribution in [1.29, 1.82) is 0 Å². The van der Waals surface area contributed by atoms with Crippen LogP contribution in [0.15, 0.2) is 60.8 Å². The van der Waals surface area contributed by atoms with E-state index in [1.165, 1.54) is 12.3 Å². The van der Waals surface area contributed by atoms with Crippen LogP contribution in [-0.2, 0) is 6.42 Å². The summed E-state index contributed by atoms with van der Waals surface area (Å²) in [5.74, 6) is -1.09. The lowest BCUT2D eigenvalue weighted by molar-refractivity contribution is 0.102. The third-order valence-electron chi connectivity index (χ3n) is 4.05. The molecule has 5 nitrogen and oxygen atoms in total. The van der Waals surface area contributed by atoms with Crippen LogP contribution in [0.3, 0.4) is 0 Å². The first kappa shape index (κ1) is 19.3. The van der Waals surface area contributed by atoms with Crippen LogP contribution in [-0.4, -0.2) is 24.5 Å². The molecule has 0 unspecified atom stereocenters. The van der Waals surface area contributed by atoms with Gasteiger partial charge in [-0.15, -0.1) is 0 Å². The number of carbonyl (C=O) groups is 1. The Hall–Kier alpha value is -3.48. The van der Waals surface area contributed by atoms with Gasteiger partial charge in [0, 0.05) is 30.1 Å². The molecule has 1 heterocycles. The second-order valence-corrected chi connectivity index (χ2v) is 6.04. The number of benzene rings is 2. The normalized spacial score (nSPS) is 10.4. The zero-order valence-corrected chi connectivity index (χ0v) is 15.2. The average Bonchev–Trinajstić information content (AvgIpc) is 2.71. The smallest absolute Gasteiger partial charge is 0.255 e. The van der Waals surface area contributed by atoms with Gasteiger partial charge in [0.05, 0.1) is 7.11 Å². The van der Waals surface area contributed by atoms with Crippen LogP contribution >= 0.6 is 0 Å². The maximum Gasteiger partial charge on any atom is 0.255 e. The number of nitrogens with zero attached hydrogens (tertiary/aromatic N) is 1. The Morgan fingerprint density at radius 3 is 2.71 bits per heavy atom. The molecular formula is C21H19F2N3O2. The van der Waals surface area contributed by atoms with E-state index < -0.39 is 17.5 Å². The predicted octanol–water partition coefficient (Wildman–Crippen LogP) is 4.28. The van der Waals surface area contributed by atoms with Gasteiger partial charge in [0.1, 0.15) is 11.6 Å². The minimum Gasteiger partial charge on any atom is -0.497 e. The van der Waals surface area contributed by atoms with Crippen LogP contribution in [0.2, 0.25) is 0 Å². The molecule has 3 aromatic rings. The van der Waals surface area contributed by atoms with E-state index in [0.717, 1.165) is 29.9 Å². The fraction of sp³-hybridized carbons (Fsp3) is 0.143. The molecule has 0 saturated carbocycles.